The fourth-order valence-corrected chi connectivity index (χ4v) is 2.06. The first-order chi connectivity index (χ1) is 7.27. The van der Waals surface area contributed by atoms with Crippen LogP contribution < -0.4 is 5.32 Å². The minimum absolute atomic E-state index is 0.144. The third kappa shape index (κ3) is 2.45. The van der Waals surface area contributed by atoms with E-state index in [9.17, 15) is 5.11 Å². The molecule has 4 heteroatoms. The van der Waals surface area contributed by atoms with Gasteiger partial charge in [0.25, 0.3) is 0 Å². The lowest BCUT2D eigenvalue weighted by molar-refractivity contribution is 0.138. The predicted octanol–water partition coefficient (Wildman–Crippen LogP) is 1.36. The van der Waals surface area contributed by atoms with Crippen LogP contribution in [0.15, 0.2) is 12.4 Å². The largest absolute Gasteiger partial charge is 0.393 e. The van der Waals surface area contributed by atoms with E-state index in [1.54, 1.807) is 12.4 Å². The lowest BCUT2D eigenvalue weighted by Gasteiger charge is -2.15. The molecular formula is C11H17N3O. The molecule has 1 saturated carbocycles. The first-order valence-corrected chi connectivity index (χ1v) is 5.47. The molecule has 2 atom stereocenters. The summed E-state index contributed by atoms with van der Waals surface area (Å²) in [5.41, 5.74) is 0.907. The van der Waals surface area contributed by atoms with Crippen molar-refractivity contribution in [2.24, 2.45) is 5.92 Å². The second kappa shape index (κ2) is 4.57. The maximum absolute atomic E-state index is 9.66. The second-order valence-electron chi connectivity index (χ2n) is 4.13. The zero-order valence-electron chi connectivity index (χ0n) is 8.98. The van der Waals surface area contributed by atoms with Crippen molar-refractivity contribution in [2.75, 3.05) is 11.9 Å². The Labute approximate surface area is 89.8 Å². The Bertz CT molecular complexity index is 329. The van der Waals surface area contributed by atoms with Crippen LogP contribution in [0.3, 0.4) is 0 Å². The van der Waals surface area contributed by atoms with Gasteiger partial charge in [0.15, 0.2) is 0 Å². The molecular weight excluding hydrogens is 190 g/mol. The summed E-state index contributed by atoms with van der Waals surface area (Å²) in [6.07, 6.45) is 6.40. The van der Waals surface area contributed by atoms with Gasteiger partial charge in [-0.3, -0.25) is 4.98 Å². The van der Waals surface area contributed by atoms with Crippen LogP contribution in [0.4, 0.5) is 5.82 Å². The van der Waals surface area contributed by atoms with Crippen molar-refractivity contribution in [3.8, 4) is 0 Å². The minimum atomic E-state index is -0.144. The summed E-state index contributed by atoms with van der Waals surface area (Å²) in [6.45, 7) is 2.72. The predicted molar refractivity (Wildman–Crippen MR) is 58.6 cm³/mol. The molecule has 0 aromatic carbocycles. The molecule has 82 valence electrons. The zero-order valence-corrected chi connectivity index (χ0v) is 8.98. The van der Waals surface area contributed by atoms with Gasteiger partial charge in [0.05, 0.1) is 11.8 Å². The van der Waals surface area contributed by atoms with E-state index in [1.807, 2.05) is 6.92 Å². The van der Waals surface area contributed by atoms with Crippen LogP contribution in [-0.2, 0) is 0 Å². The summed E-state index contributed by atoms with van der Waals surface area (Å²) in [4.78, 5) is 8.36. The minimum Gasteiger partial charge on any atom is -0.393 e. The molecule has 0 saturated heterocycles. The molecule has 2 rings (SSSR count). The number of hydrogen-bond acceptors (Lipinski definition) is 4. The van der Waals surface area contributed by atoms with Gasteiger partial charge in [-0.25, -0.2) is 4.98 Å². The number of nitrogens with zero attached hydrogens (tertiary/aromatic N) is 2. The topological polar surface area (TPSA) is 58.0 Å². The summed E-state index contributed by atoms with van der Waals surface area (Å²) in [5, 5.41) is 12.9. The number of anilines is 1. The number of aliphatic hydroxyl groups excluding tert-OH is 1. The average molecular weight is 207 g/mol. The normalized spacial score (nSPS) is 25.5. The second-order valence-corrected chi connectivity index (χ2v) is 4.13. The third-order valence-electron chi connectivity index (χ3n) is 3.03. The molecule has 1 aliphatic rings. The highest BCUT2D eigenvalue weighted by Crippen LogP contribution is 2.25. The molecule has 0 aliphatic heterocycles. The van der Waals surface area contributed by atoms with E-state index in [0.717, 1.165) is 37.3 Å². The third-order valence-corrected chi connectivity index (χ3v) is 3.03. The maximum atomic E-state index is 9.66. The highest BCUT2D eigenvalue weighted by molar-refractivity contribution is 5.38. The summed E-state index contributed by atoms with van der Waals surface area (Å²) in [5.74, 6) is 1.20. The van der Waals surface area contributed by atoms with Crippen molar-refractivity contribution in [1.29, 1.82) is 0 Å². The van der Waals surface area contributed by atoms with Crippen molar-refractivity contribution in [2.45, 2.75) is 32.3 Å². The van der Waals surface area contributed by atoms with Crippen LogP contribution >= 0.6 is 0 Å². The summed E-state index contributed by atoms with van der Waals surface area (Å²) < 4.78 is 0. The monoisotopic (exact) mass is 207 g/mol. The van der Waals surface area contributed by atoms with Gasteiger partial charge >= 0.3 is 0 Å². The highest BCUT2D eigenvalue weighted by atomic mass is 16.3. The molecule has 1 aromatic heterocycles. The van der Waals surface area contributed by atoms with Crippen LogP contribution in [0.25, 0.3) is 0 Å². The molecule has 2 N–H and O–H groups in total. The molecule has 15 heavy (non-hydrogen) atoms. The Morgan fingerprint density at radius 1 is 1.40 bits per heavy atom. The molecule has 0 spiro atoms. The Morgan fingerprint density at radius 3 is 2.87 bits per heavy atom. The number of aliphatic hydroxyl groups is 1. The van der Waals surface area contributed by atoms with Crippen LogP contribution in [0.2, 0.25) is 0 Å². The Morgan fingerprint density at radius 2 is 2.20 bits per heavy atom. The molecule has 4 nitrogen and oxygen atoms in total. The van der Waals surface area contributed by atoms with E-state index in [4.69, 9.17) is 0 Å². The van der Waals surface area contributed by atoms with Gasteiger partial charge in [0, 0.05) is 24.9 Å². The number of aromatic nitrogens is 2. The summed E-state index contributed by atoms with van der Waals surface area (Å²) >= 11 is 0. The van der Waals surface area contributed by atoms with Crippen molar-refractivity contribution in [1.82, 2.24) is 9.97 Å². The van der Waals surface area contributed by atoms with Gasteiger partial charge in [-0.05, 0) is 19.8 Å². The van der Waals surface area contributed by atoms with Gasteiger partial charge in [-0.2, -0.15) is 0 Å². The molecule has 2 unspecified atom stereocenters. The van der Waals surface area contributed by atoms with E-state index in [1.165, 1.54) is 0 Å². The lowest BCUT2D eigenvalue weighted by atomic mass is 10.1. The first-order valence-electron chi connectivity index (χ1n) is 5.47. The summed E-state index contributed by atoms with van der Waals surface area (Å²) in [7, 11) is 0. The van der Waals surface area contributed by atoms with E-state index in [2.05, 4.69) is 15.3 Å². The van der Waals surface area contributed by atoms with Crippen LogP contribution in [0, 0.1) is 12.8 Å². The van der Waals surface area contributed by atoms with E-state index < -0.39 is 0 Å². The lowest BCUT2D eigenvalue weighted by Crippen LogP contribution is -2.22. The van der Waals surface area contributed by atoms with Crippen LogP contribution in [0.5, 0.6) is 0 Å². The van der Waals surface area contributed by atoms with E-state index in [-0.39, 0.29) is 6.10 Å². The molecule has 0 bridgehead atoms. The van der Waals surface area contributed by atoms with Gasteiger partial charge in [0.2, 0.25) is 0 Å². The molecule has 1 heterocycles. The quantitative estimate of drug-likeness (QED) is 0.785. The molecule has 1 aromatic rings. The van der Waals surface area contributed by atoms with Crippen LogP contribution in [0.1, 0.15) is 25.0 Å². The van der Waals surface area contributed by atoms with E-state index >= 15 is 0 Å². The number of aryl methyl sites for hydroxylation is 1. The Hall–Kier alpha value is -1.16. The van der Waals surface area contributed by atoms with Gasteiger partial charge in [-0.1, -0.05) is 6.42 Å². The molecule has 0 radical (unpaired) electrons. The molecule has 1 aliphatic carbocycles. The Balaban J connectivity index is 1.90. The van der Waals surface area contributed by atoms with Crippen molar-refractivity contribution < 1.29 is 5.11 Å². The van der Waals surface area contributed by atoms with Crippen molar-refractivity contribution in [3.05, 3.63) is 18.1 Å². The standard InChI is InChI=1S/C11H17N3O/c1-8-11(13-6-5-12-8)14-7-9-3-2-4-10(9)15/h5-6,9-10,15H,2-4,7H2,1H3,(H,13,14). The highest BCUT2D eigenvalue weighted by Gasteiger charge is 2.24. The number of rotatable bonds is 3. The average Bonchev–Trinajstić information content (AvgIpc) is 2.63. The van der Waals surface area contributed by atoms with Gasteiger partial charge in [0.1, 0.15) is 5.82 Å². The van der Waals surface area contributed by atoms with Crippen molar-refractivity contribution >= 4 is 5.82 Å². The fraction of sp³-hybridized carbons (Fsp3) is 0.636. The van der Waals surface area contributed by atoms with Crippen LogP contribution in [-0.4, -0.2) is 27.7 Å². The first kappa shape index (κ1) is 10.4. The SMILES string of the molecule is Cc1nccnc1NCC1CCCC1O. The fourth-order valence-electron chi connectivity index (χ4n) is 2.06. The number of hydrogen-bond donors (Lipinski definition) is 2. The number of nitrogens with one attached hydrogen (secondary N) is 1. The smallest absolute Gasteiger partial charge is 0.147 e. The zero-order chi connectivity index (χ0) is 10.7. The van der Waals surface area contributed by atoms with Gasteiger partial charge in [-0.15, -0.1) is 0 Å². The molecule has 0 amide bonds. The summed E-state index contributed by atoms with van der Waals surface area (Å²) in [6, 6.07) is 0. The van der Waals surface area contributed by atoms with Crippen molar-refractivity contribution in [3.63, 3.8) is 0 Å². The molecule has 1 fully saturated rings. The van der Waals surface area contributed by atoms with E-state index in [0.29, 0.717) is 5.92 Å². The Kier molecular flexibility index (Phi) is 3.16. The van der Waals surface area contributed by atoms with Gasteiger partial charge < -0.3 is 10.4 Å². The maximum Gasteiger partial charge on any atom is 0.147 e.